The van der Waals surface area contributed by atoms with Crippen LogP contribution >= 0.6 is 11.6 Å². The van der Waals surface area contributed by atoms with Crippen molar-refractivity contribution in [2.24, 2.45) is 0 Å². The SMILES string of the molecule is CC(=O)N[C@@H](CC(=O)N1CCCCC1)c1ccc(Cl)cc1. The minimum atomic E-state index is -0.297. The van der Waals surface area contributed by atoms with E-state index >= 15 is 0 Å². The van der Waals surface area contributed by atoms with Crippen LogP contribution in [0.5, 0.6) is 0 Å². The molecule has 0 radical (unpaired) electrons. The number of halogens is 1. The molecule has 1 saturated heterocycles. The Morgan fingerprint density at radius 2 is 1.81 bits per heavy atom. The zero-order valence-electron chi connectivity index (χ0n) is 12.3. The molecule has 1 fully saturated rings. The van der Waals surface area contributed by atoms with Gasteiger partial charge in [0, 0.05) is 25.0 Å². The maximum absolute atomic E-state index is 12.4. The molecule has 0 aromatic heterocycles. The highest BCUT2D eigenvalue weighted by atomic mass is 35.5. The molecular formula is C16H21ClN2O2. The maximum atomic E-state index is 12.4. The van der Waals surface area contributed by atoms with Gasteiger partial charge < -0.3 is 10.2 Å². The Labute approximate surface area is 130 Å². The van der Waals surface area contributed by atoms with Gasteiger partial charge in [0.15, 0.2) is 0 Å². The molecular weight excluding hydrogens is 288 g/mol. The Kier molecular flexibility index (Phi) is 5.62. The molecule has 1 aromatic rings. The summed E-state index contributed by atoms with van der Waals surface area (Å²) in [5.74, 6) is -0.0372. The third kappa shape index (κ3) is 4.74. The van der Waals surface area contributed by atoms with Crippen molar-refractivity contribution in [1.29, 1.82) is 0 Å². The Morgan fingerprint density at radius 3 is 2.38 bits per heavy atom. The second kappa shape index (κ2) is 7.46. The Balaban J connectivity index is 2.06. The molecule has 0 aliphatic carbocycles. The fourth-order valence-corrected chi connectivity index (χ4v) is 2.77. The molecule has 1 aliphatic heterocycles. The average molecular weight is 309 g/mol. The fourth-order valence-electron chi connectivity index (χ4n) is 2.64. The summed E-state index contributed by atoms with van der Waals surface area (Å²) in [7, 11) is 0. The first kappa shape index (κ1) is 15.8. The van der Waals surface area contributed by atoms with Crippen molar-refractivity contribution in [3.8, 4) is 0 Å². The predicted molar refractivity (Wildman–Crippen MR) is 83.1 cm³/mol. The highest BCUT2D eigenvalue weighted by Crippen LogP contribution is 2.21. The Hall–Kier alpha value is -1.55. The highest BCUT2D eigenvalue weighted by Gasteiger charge is 2.22. The van der Waals surface area contributed by atoms with Gasteiger partial charge in [0.2, 0.25) is 11.8 Å². The molecule has 2 rings (SSSR count). The van der Waals surface area contributed by atoms with Crippen molar-refractivity contribution in [3.05, 3.63) is 34.9 Å². The molecule has 1 heterocycles. The van der Waals surface area contributed by atoms with E-state index < -0.39 is 0 Å². The van der Waals surface area contributed by atoms with Crippen molar-refractivity contribution in [2.45, 2.75) is 38.6 Å². The molecule has 5 heteroatoms. The van der Waals surface area contributed by atoms with Crippen LogP contribution in [0, 0.1) is 0 Å². The second-order valence-corrected chi connectivity index (χ2v) is 5.89. The Bertz CT molecular complexity index is 496. The average Bonchev–Trinajstić information content (AvgIpc) is 2.48. The molecule has 21 heavy (non-hydrogen) atoms. The summed E-state index contributed by atoms with van der Waals surface area (Å²) < 4.78 is 0. The number of amides is 2. The lowest BCUT2D eigenvalue weighted by atomic mass is 10.0. The van der Waals surface area contributed by atoms with E-state index in [0.29, 0.717) is 11.4 Å². The van der Waals surface area contributed by atoms with Gasteiger partial charge in [-0.15, -0.1) is 0 Å². The van der Waals surface area contributed by atoms with Crippen LogP contribution in [0.25, 0.3) is 0 Å². The topological polar surface area (TPSA) is 49.4 Å². The number of piperidine rings is 1. The first-order valence-electron chi connectivity index (χ1n) is 7.36. The van der Waals surface area contributed by atoms with Gasteiger partial charge in [-0.1, -0.05) is 23.7 Å². The van der Waals surface area contributed by atoms with Crippen LogP contribution in [0.1, 0.15) is 44.2 Å². The van der Waals surface area contributed by atoms with Crippen molar-refractivity contribution < 1.29 is 9.59 Å². The van der Waals surface area contributed by atoms with Crippen LogP contribution in [-0.4, -0.2) is 29.8 Å². The molecule has 2 amide bonds. The number of nitrogens with zero attached hydrogens (tertiary/aromatic N) is 1. The number of likely N-dealkylation sites (tertiary alicyclic amines) is 1. The molecule has 1 aliphatic rings. The largest absolute Gasteiger partial charge is 0.349 e. The molecule has 1 N–H and O–H groups in total. The lowest BCUT2D eigenvalue weighted by Crippen LogP contribution is -2.38. The molecule has 0 spiro atoms. The van der Waals surface area contributed by atoms with Crippen LogP contribution in [0.3, 0.4) is 0 Å². The standard InChI is InChI=1S/C16H21ClN2O2/c1-12(20)18-15(13-5-7-14(17)8-6-13)11-16(21)19-9-3-2-4-10-19/h5-8,15H,2-4,9-11H2,1H3,(H,18,20)/t15-/m0/s1. The maximum Gasteiger partial charge on any atom is 0.224 e. The second-order valence-electron chi connectivity index (χ2n) is 5.45. The van der Waals surface area contributed by atoms with Crippen LogP contribution in [0.4, 0.5) is 0 Å². The number of hydrogen-bond donors (Lipinski definition) is 1. The molecule has 0 saturated carbocycles. The number of benzene rings is 1. The number of nitrogens with one attached hydrogen (secondary N) is 1. The molecule has 1 aromatic carbocycles. The zero-order chi connectivity index (χ0) is 15.2. The number of carbonyl (C=O) groups is 2. The number of rotatable bonds is 4. The van der Waals surface area contributed by atoms with Gasteiger partial charge in [0.1, 0.15) is 0 Å². The zero-order valence-corrected chi connectivity index (χ0v) is 13.0. The molecule has 0 unspecified atom stereocenters. The van der Waals surface area contributed by atoms with Crippen molar-refractivity contribution in [2.75, 3.05) is 13.1 Å². The van der Waals surface area contributed by atoms with Crippen LogP contribution in [0.2, 0.25) is 5.02 Å². The smallest absolute Gasteiger partial charge is 0.224 e. The first-order valence-corrected chi connectivity index (χ1v) is 7.74. The van der Waals surface area contributed by atoms with Crippen molar-refractivity contribution in [3.63, 3.8) is 0 Å². The summed E-state index contributed by atoms with van der Waals surface area (Å²) in [5, 5.41) is 3.50. The fraction of sp³-hybridized carbons (Fsp3) is 0.500. The van der Waals surface area contributed by atoms with Crippen molar-refractivity contribution >= 4 is 23.4 Å². The van der Waals surface area contributed by atoms with E-state index in [0.717, 1.165) is 31.5 Å². The molecule has 114 valence electrons. The lowest BCUT2D eigenvalue weighted by Gasteiger charge is -2.28. The van der Waals surface area contributed by atoms with Gasteiger partial charge in [-0.2, -0.15) is 0 Å². The van der Waals surface area contributed by atoms with Gasteiger partial charge in [0.25, 0.3) is 0 Å². The normalized spacial score (nSPS) is 16.4. The number of hydrogen-bond acceptors (Lipinski definition) is 2. The van der Waals surface area contributed by atoms with E-state index in [1.54, 1.807) is 12.1 Å². The minimum Gasteiger partial charge on any atom is -0.349 e. The van der Waals surface area contributed by atoms with E-state index in [1.807, 2.05) is 17.0 Å². The van der Waals surface area contributed by atoms with Crippen LogP contribution in [0.15, 0.2) is 24.3 Å². The molecule has 0 bridgehead atoms. The first-order chi connectivity index (χ1) is 10.1. The number of carbonyl (C=O) groups excluding carboxylic acids is 2. The summed E-state index contributed by atoms with van der Waals surface area (Å²) in [5.41, 5.74) is 0.903. The van der Waals surface area contributed by atoms with Gasteiger partial charge >= 0.3 is 0 Å². The van der Waals surface area contributed by atoms with Gasteiger partial charge in [-0.05, 0) is 37.0 Å². The summed E-state index contributed by atoms with van der Waals surface area (Å²) in [4.78, 5) is 25.7. The van der Waals surface area contributed by atoms with Gasteiger partial charge in [-0.3, -0.25) is 9.59 Å². The van der Waals surface area contributed by atoms with Gasteiger partial charge in [0.05, 0.1) is 12.5 Å². The molecule has 4 nitrogen and oxygen atoms in total. The van der Waals surface area contributed by atoms with E-state index in [4.69, 9.17) is 11.6 Å². The molecule has 1 atom stereocenters. The monoisotopic (exact) mass is 308 g/mol. The summed E-state index contributed by atoms with van der Waals surface area (Å²) >= 11 is 5.89. The quantitative estimate of drug-likeness (QED) is 0.929. The summed E-state index contributed by atoms with van der Waals surface area (Å²) in [6.07, 6.45) is 3.62. The van der Waals surface area contributed by atoms with Crippen LogP contribution < -0.4 is 5.32 Å². The predicted octanol–water partition coefficient (Wildman–Crippen LogP) is 2.92. The lowest BCUT2D eigenvalue weighted by molar-refractivity contribution is -0.132. The summed E-state index contributed by atoms with van der Waals surface area (Å²) in [6, 6.07) is 6.96. The third-order valence-corrected chi connectivity index (χ3v) is 3.99. The van der Waals surface area contributed by atoms with Gasteiger partial charge in [-0.25, -0.2) is 0 Å². The third-order valence-electron chi connectivity index (χ3n) is 3.74. The van der Waals surface area contributed by atoms with E-state index in [1.165, 1.54) is 13.3 Å². The Morgan fingerprint density at radius 1 is 1.19 bits per heavy atom. The minimum absolute atomic E-state index is 0.100. The summed E-state index contributed by atoms with van der Waals surface area (Å²) in [6.45, 7) is 3.12. The van der Waals surface area contributed by atoms with E-state index in [9.17, 15) is 9.59 Å². The van der Waals surface area contributed by atoms with Crippen molar-refractivity contribution in [1.82, 2.24) is 10.2 Å². The van der Waals surface area contributed by atoms with Crippen LogP contribution in [-0.2, 0) is 9.59 Å². The van der Waals surface area contributed by atoms with E-state index in [-0.39, 0.29) is 17.9 Å². The highest BCUT2D eigenvalue weighted by molar-refractivity contribution is 6.30. The van der Waals surface area contributed by atoms with E-state index in [2.05, 4.69) is 5.32 Å².